The fourth-order valence-corrected chi connectivity index (χ4v) is 1.55. The first-order valence-electron chi connectivity index (χ1n) is 4.04. The van der Waals surface area contributed by atoms with Crippen molar-refractivity contribution in [2.45, 2.75) is 32.7 Å². The van der Waals surface area contributed by atoms with Crippen molar-refractivity contribution in [2.24, 2.45) is 5.73 Å². The monoisotopic (exact) mass is 171 g/mol. The molecule has 64 valence electrons. The van der Waals surface area contributed by atoms with E-state index in [1.807, 2.05) is 18.7 Å². The Morgan fingerprint density at radius 3 is 2.82 bits per heavy atom. The van der Waals surface area contributed by atoms with Gasteiger partial charge in [0.25, 0.3) is 0 Å². The molecule has 0 radical (unpaired) electrons. The molecule has 2 heteroatoms. The molecule has 0 fully saturated rings. The van der Waals surface area contributed by atoms with Gasteiger partial charge in [-0.25, -0.2) is 0 Å². The first kappa shape index (κ1) is 10.9. The van der Waals surface area contributed by atoms with Gasteiger partial charge in [0.05, 0.1) is 0 Å². The topological polar surface area (TPSA) is 26.0 Å². The third kappa shape index (κ3) is 7.77. The molecule has 11 heavy (non-hydrogen) atoms. The average molecular weight is 171 g/mol. The van der Waals surface area contributed by atoms with E-state index in [2.05, 4.69) is 18.8 Å². The maximum absolute atomic E-state index is 5.73. The number of nitrogens with two attached hydrogens (primary N) is 1. The lowest BCUT2D eigenvalue weighted by Gasteiger charge is -2.05. The summed E-state index contributed by atoms with van der Waals surface area (Å²) in [7, 11) is 0. The summed E-state index contributed by atoms with van der Waals surface area (Å²) in [6, 6.07) is 0.370. The van der Waals surface area contributed by atoms with Crippen LogP contribution in [0.15, 0.2) is 0 Å². The van der Waals surface area contributed by atoms with E-state index in [0.717, 1.165) is 24.3 Å². The third-order valence-electron chi connectivity index (χ3n) is 1.40. The maximum Gasteiger partial charge on any atom is 0.0179 e. The molecule has 0 aliphatic rings. The lowest BCUT2D eigenvalue weighted by atomic mass is 10.3. The molecule has 0 aromatic carbocycles. The summed E-state index contributed by atoms with van der Waals surface area (Å²) in [5.41, 5.74) is 5.73. The van der Waals surface area contributed by atoms with Crippen LogP contribution in [0.2, 0.25) is 0 Å². The van der Waals surface area contributed by atoms with Crippen LogP contribution < -0.4 is 5.73 Å². The van der Waals surface area contributed by atoms with E-state index in [0.29, 0.717) is 6.04 Å². The van der Waals surface area contributed by atoms with E-state index in [-0.39, 0.29) is 0 Å². The van der Waals surface area contributed by atoms with Gasteiger partial charge < -0.3 is 5.73 Å². The summed E-state index contributed by atoms with van der Waals surface area (Å²) in [6.45, 7) is 4.00. The van der Waals surface area contributed by atoms with Crippen molar-refractivity contribution in [1.82, 2.24) is 0 Å². The van der Waals surface area contributed by atoms with Crippen LogP contribution in [0.3, 0.4) is 0 Å². The zero-order valence-corrected chi connectivity index (χ0v) is 8.21. The highest BCUT2D eigenvalue weighted by Gasteiger charge is 1.96. The van der Waals surface area contributed by atoms with Gasteiger partial charge in [-0.3, -0.25) is 0 Å². The minimum atomic E-state index is 0.370. The Bertz CT molecular complexity index is 134. The first-order valence-corrected chi connectivity index (χ1v) is 5.19. The van der Waals surface area contributed by atoms with Gasteiger partial charge in [0.1, 0.15) is 0 Å². The molecule has 0 bridgehead atoms. The molecule has 1 atom stereocenters. The van der Waals surface area contributed by atoms with Crippen LogP contribution in [-0.2, 0) is 0 Å². The zero-order chi connectivity index (χ0) is 8.53. The van der Waals surface area contributed by atoms with Crippen LogP contribution >= 0.6 is 11.8 Å². The minimum Gasteiger partial charge on any atom is -0.327 e. The number of hydrogen-bond donors (Lipinski definition) is 1. The quantitative estimate of drug-likeness (QED) is 0.505. The van der Waals surface area contributed by atoms with Gasteiger partial charge in [-0.05, 0) is 13.3 Å². The average Bonchev–Trinajstić information content (AvgIpc) is 2.04. The smallest absolute Gasteiger partial charge is 0.0179 e. The van der Waals surface area contributed by atoms with Gasteiger partial charge in [0.15, 0.2) is 0 Å². The normalized spacial score (nSPS) is 11.9. The minimum absolute atomic E-state index is 0.370. The molecule has 0 saturated heterocycles. The molecule has 0 amide bonds. The second-order valence-electron chi connectivity index (χ2n) is 2.42. The van der Waals surface area contributed by atoms with Crippen molar-refractivity contribution in [3.8, 4) is 11.8 Å². The van der Waals surface area contributed by atoms with E-state index in [1.165, 1.54) is 0 Å². The maximum atomic E-state index is 5.73. The van der Waals surface area contributed by atoms with Gasteiger partial charge in [-0.1, -0.05) is 6.92 Å². The largest absolute Gasteiger partial charge is 0.327 e. The predicted molar refractivity (Wildman–Crippen MR) is 53.7 cm³/mol. The van der Waals surface area contributed by atoms with Gasteiger partial charge in [0.2, 0.25) is 0 Å². The fourth-order valence-electron chi connectivity index (χ4n) is 0.601. The van der Waals surface area contributed by atoms with E-state index in [4.69, 9.17) is 5.73 Å². The van der Waals surface area contributed by atoms with Gasteiger partial charge in [0, 0.05) is 24.0 Å². The molecule has 0 aliphatic heterocycles. The van der Waals surface area contributed by atoms with Crippen LogP contribution in [-0.4, -0.2) is 17.5 Å². The molecule has 0 aromatic rings. The number of rotatable bonds is 5. The first-order chi connectivity index (χ1) is 5.31. The van der Waals surface area contributed by atoms with Crippen molar-refractivity contribution in [1.29, 1.82) is 0 Å². The Labute approximate surface area is 74.1 Å². The SMILES string of the molecule is CC#CCCSCC(N)CC. The number of hydrogen-bond acceptors (Lipinski definition) is 2. The highest BCUT2D eigenvalue weighted by Crippen LogP contribution is 2.04. The summed E-state index contributed by atoms with van der Waals surface area (Å²) in [5.74, 6) is 8.09. The van der Waals surface area contributed by atoms with Crippen LogP contribution in [0.25, 0.3) is 0 Å². The molecule has 0 aliphatic carbocycles. The predicted octanol–water partition coefficient (Wildman–Crippen LogP) is 1.87. The Hall–Kier alpha value is -0.130. The van der Waals surface area contributed by atoms with Crippen LogP contribution in [0, 0.1) is 11.8 Å². The molecule has 0 rings (SSSR count). The lowest BCUT2D eigenvalue weighted by molar-refractivity contribution is 0.725. The molecular weight excluding hydrogens is 154 g/mol. The van der Waals surface area contributed by atoms with Crippen LogP contribution in [0.1, 0.15) is 26.7 Å². The van der Waals surface area contributed by atoms with Crippen molar-refractivity contribution >= 4 is 11.8 Å². The number of thioether (sulfide) groups is 1. The molecule has 1 nitrogen and oxygen atoms in total. The zero-order valence-electron chi connectivity index (χ0n) is 7.39. The third-order valence-corrected chi connectivity index (χ3v) is 2.56. The van der Waals surface area contributed by atoms with Gasteiger partial charge >= 0.3 is 0 Å². The molecule has 0 aromatic heterocycles. The van der Waals surface area contributed by atoms with Crippen molar-refractivity contribution < 1.29 is 0 Å². The van der Waals surface area contributed by atoms with Crippen molar-refractivity contribution in [3.63, 3.8) is 0 Å². The summed E-state index contributed by atoms with van der Waals surface area (Å²) >= 11 is 1.90. The summed E-state index contributed by atoms with van der Waals surface area (Å²) < 4.78 is 0. The Balaban J connectivity index is 3.05. The Morgan fingerprint density at radius 1 is 1.55 bits per heavy atom. The highest BCUT2D eigenvalue weighted by atomic mass is 32.2. The summed E-state index contributed by atoms with van der Waals surface area (Å²) in [6.07, 6.45) is 2.07. The fraction of sp³-hybridized carbons (Fsp3) is 0.778. The van der Waals surface area contributed by atoms with E-state index >= 15 is 0 Å². The molecule has 0 saturated carbocycles. The van der Waals surface area contributed by atoms with E-state index in [1.54, 1.807) is 0 Å². The second-order valence-corrected chi connectivity index (χ2v) is 3.57. The summed E-state index contributed by atoms with van der Waals surface area (Å²) in [4.78, 5) is 0. The lowest BCUT2D eigenvalue weighted by Crippen LogP contribution is -2.21. The molecule has 0 heterocycles. The summed E-state index contributed by atoms with van der Waals surface area (Å²) in [5, 5.41) is 0. The second kappa shape index (κ2) is 7.97. The Morgan fingerprint density at radius 2 is 2.27 bits per heavy atom. The van der Waals surface area contributed by atoms with Crippen LogP contribution in [0.4, 0.5) is 0 Å². The Kier molecular flexibility index (Phi) is 7.88. The molecular formula is C9H17NS. The molecule has 2 N–H and O–H groups in total. The molecule has 1 unspecified atom stereocenters. The van der Waals surface area contributed by atoms with Crippen LogP contribution in [0.5, 0.6) is 0 Å². The van der Waals surface area contributed by atoms with E-state index < -0.39 is 0 Å². The highest BCUT2D eigenvalue weighted by molar-refractivity contribution is 7.99. The molecule has 0 spiro atoms. The van der Waals surface area contributed by atoms with Gasteiger partial charge in [-0.15, -0.1) is 11.8 Å². The van der Waals surface area contributed by atoms with Gasteiger partial charge in [-0.2, -0.15) is 11.8 Å². The van der Waals surface area contributed by atoms with E-state index in [9.17, 15) is 0 Å². The van der Waals surface area contributed by atoms with Crippen molar-refractivity contribution in [2.75, 3.05) is 11.5 Å². The standard InChI is InChI=1S/C9H17NS/c1-3-5-6-7-11-8-9(10)4-2/h9H,4,6-8,10H2,1-2H3. The van der Waals surface area contributed by atoms with Crippen molar-refractivity contribution in [3.05, 3.63) is 0 Å².